The van der Waals surface area contributed by atoms with Gasteiger partial charge in [-0.25, -0.2) is 4.98 Å². The van der Waals surface area contributed by atoms with Gasteiger partial charge in [-0.3, -0.25) is 9.36 Å². The van der Waals surface area contributed by atoms with Crippen molar-refractivity contribution < 1.29 is 28.9 Å². The van der Waals surface area contributed by atoms with Crippen LogP contribution in [0, 0.1) is 6.08 Å². The van der Waals surface area contributed by atoms with E-state index in [1.54, 1.807) is 6.92 Å². The fourth-order valence-electron chi connectivity index (χ4n) is 3.70. The summed E-state index contributed by atoms with van der Waals surface area (Å²) in [6, 6.07) is 0. The van der Waals surface area contributed by atoms with Crippen LogP contribution >= 0.6 is 0 Å². The lowest BCUT2D eigenvalue weighted by Gasteiger charge is -2.24. The van der Waals surface area contributed by atoms with Crippen LogP contribution in [-0.2, 0) is 14.3 Å². The van der Waals surface area contributed by atoms with Crippen molar-refractivity contribution in [3.63, 3.8) is 0 Å². The van der Waals surface area contributed by atoms with E-state index in [-0.39, 0.29) is 36.6 Å². The van der Waals surface area contributed by atoms with Crippen molar-refractivity contribution in [2.24, 2.45) is 0 Å². The SMILES string of the molecule is CCCCCCCCOCC(=O)Nc1nc(F)nc2c1ncn2[C@H]1C[C@H](O)[C@@](C)(CO)O1. The zero-order valence-electron chi connectivity index (χ0n) is 18.6. The maximum absolute atomic E-state index is 14.1. The van der Waals surface area contributed by atoms with Gasteiger partial charge < -0.3 is 25.0 Å². The highest BCUT2D eigenvalue weighted by Gasteiger charge is 2.45. The van der Waals surface area contributed by atoms with Crippen LogP contribution in [0.5, 0.6) is 0 Å². The Kier molecular flexibility index (Phi) is 8.46. The Morgan fingerprint density at radius 2 is 2.09 bits per heavy atom. The fourth-order valence-corrected chi connectivity index (χ4v) is 3.70. The van der Waals surface area contributed by atoms with Gasteiger partial charge in [-0.2, -0.15) is 14.4 Å². The monoisotopic (exact) mass is 453 g/mol. The van der Waals surface area contributed by atoms with Crippen LogP contribution in [0.25, 0.3) is 11.2 Å². The van der Waals surface area contributed by atoms with Gasteiger partial charge in [0.25, 0.3) is 5.91 Å². The van der Waals surface area contributed by atoms with Crippen molar-refractivity contribution in [1.82, 2.24) is 19.5 Å². The van der Waals surface area contributed by atoms with E-state index in [4.69, 9.17) is 9.47 Å². The van der Waals surface area contributed by atoms with Crippen LogP contribution < -0.4 is 5.32 Å². The molecule has 3 rings (SSSR count). The molecule has 3 N–H and O–H groups in total. The molecule has 1 aliphatic rings. The van der Waals surface area contributed by atoms with Crippen molar-refractivity contribution >= 4 is 22.9 Å². The quantitative estimate of drug-likeness (QED) is 0.330. The molecule has 32 heavy (non-hydrogen) atoms. The molecule has 2 aromatic rings. The van der Waals surface area contributed by atoms with Crippen LogP contribution in [0.15, 0.2) is 6.33 Å². The van der Waals surface area contributed by atoms with Gasteiger partial charge in [0.05, 0.1) is 19.0 Å². The molecular formula is C21H32FN5O5. The van der Waals surface area contributed by atoms with Crippen molar-refractivity contribution in [2.75, 3.05) is 25.1 Å². The number of nitrogens with one attached hydrogen (secondary N) is 1. The first-order valence-electron chi connectivity index (χ1n) is 11.1. The van der Waals surface area contributed by atoms with E-state index in [9.17, 15) is 19.4 Å². The number of amides is 1. The minimum atomic E-state index is -1.14. The average Bonchev–Trinajstić information content (AvgIpc) is 3.31. The van der Waals surface area contributed by atoms with E-state index < -0.39 is 29.9 Å². The molecule has 0 bridgehead atoms. The van der Waals surface area contributed by atoms with E-state index in [1.807, 2.05) is 0 Å². The molecule has 0 aliphatic carbocycles. The number of unbranched alkanes of at least 4 members (excludes halogenated alkanes) is 5. The summed E-state index contributed by atoms with van der Waals surface area (Å²) in [5.74, 6) is -0.534. The maximum Gasteiger partial charge on any atom is 0.312 e. The summed E-state index contributed by atoms with van der Waals surface area (Å²) >= 11 is 0. The lowest BCUT2D eigenvalue weighted by Crippen LogP contribution is -2.39. The number of rotatable bonds is 12. The van der Waals surface area contributed by atoms with Crippen LogP contribution in [-0.4, -0.2) is 67.2 Å². The van der Waals surface area contributed by atoms with Gasteiger partial charge >= 0.3 is 6.08 Å². The number of nitrogens with zero attached hydrogens (tertiary/aromatic N) is 4. The molecule has 1 saturated heterocycles. The summed E-state index contributed by atoms with van der Waals surface area (Å²) < 4.78 is 26.7. The molecule has 0 saturated carbocycles. The second kappa shape index (κ2) is 11.1. The Hall–Kier alpha value is -2.21. The Bertz CT molecular complexity index is 910. The number of hydrogen-bond donors (Lipinski definition) is 3. The molecule has 3 atom stereocenters. The number of carbonyl (C=O) groups excluding carboxylic acids is 1. The van der Waals surface area contributed by atoms with Gasteiger partial charge in [0.15, 0.2) is 17.0 Å². The molecule has 178 valence electrons. The van der Waals surface area contributed by atoms with E-state index in [2.05, 4.69) is 27.2 Å². The minimum absolute atomic E-state index is 0.0668. The topological polar surface area (TPSA) is 132 Å². The fraction of sp³-hybridized carbons (Fsp3) is 0.714. The van der Waals surface area contributed by atoms with Gasteiger partial charge in [-0.15, -0.1) is 0 Å². The number of anilines is 1. The summed E-state index contributed by atoms with van der Waals surface area (Å²) in [4.78, 5) is 23.9. The Morgan fingerprint density at radius 1 is 1.34 bits per heavy atom. The third kappa shape index (κ3) is 5.77. The Labute approximate surface area is 186 Å². The average molecular weight is 454 g/mol. The van der Waals surface area contributed by atoms with Gasteiger partial charge in [0.2, 0.25) is 0 Å². The first kappa shape index (κ1) is 24.4. The van der Waals surface area contributed by atoms with Crippen molar-refractivity contribution in [1.29, 1.82) is 0 Å². The van der Waals surface area contributed by atoms with E-state index in [0.717, 1.165) is 19.3 Å². The Morgan fingerprint density at radius 3 is 2.81 bits per heavy atom. The Balaban J connectivity index is 1.59. The molecule has 1 fully saturated rings. The number of aromatic nitrogens is 4. The van der Waals surface area contributed by atoms with E-state index in [0.29, 0.717) is 6.61 Å². The van der Waals surface area contributed by atoms with Gasteiger partial charge in [-0.1, -0.05) is 39.0 Å². The second-order valence-electron chi connectivity index (χ2n) is 8.33. The summed E-state index contributed by atoms with van der Waals surface area (Å²) in [6.07, 6.45) is 5.64. The molecule has 1 amide bonds. The van der Waals surface area contributed by atoms with Gasteiger partial charge in [0.1, 0.15) is 18.4 Å². The number of fused-ring (bicyclic) bond motifs is 1. The van der Waals surface area contributed by atoms with Crippen LogP contribution in [0.1, 0.15) is 65.0 Å². The standard InChI is InChI=1S/C21H32FN5O5/c1-3-4-5-6-7-8-9-31-11-15(30)24-18-17-19(26-20(22)25-18)27(13-23-17)16-10-14(29)21(2,12-28)32-16/h13-14,16,28-29H,3-12H2,1-2H3,(H,24,25,26,30)/t14-,16+,21+/m0/s1. The first-order valence-corrected chi connectivity index (χ1v) is 11.1. The van der Waals surface area contributed by atoms with Crippen molar-refractivity contribution in [3.8, 4) is 0 Å². The van der Waals surface area contributed by atoms with Crippen molar-refractivity contribution in [3.05, 3.63) is 12.4 Å². The van der Waals surface area contributed by atoms with Crippen LogP contribution in [0.4, 0.5) is 10.2 Å². The van der Waals surface area contributed by atoms with Crippen molar-refractivity contribution in [2.45, 2.75) is 76.7 Å². The van der Waals surface area contributed by atoms with Crippen LogP contribution in [0.2, 0.25) is 0 Å². The predicted molar refractivity (Wildman–Crippen MR) is 114 cm³/mol. The number of aliphatic hydroxyl groups excluding tert-OH is 2. The molecule has 10 nitrogen and oxygen atoms in total. The highest BCUT2D eigenvalue weighted by molar-refractivity contribution is 5.97. The van der Waals surface area contributed by atoms with E-state index >= 15 is 0 Å². The smallest absolute Gasteiger partial charge is 0.312 e. The zero-order chi connectivity index (χ0) is 23.1. The van der Waals surface area contributed by atoms with E-state index in [1.165, 1.54) is 30.2 Å². The number of ether oxygens (including phenoxy) is 2. The van der Waals surface area contributed by atoms with Gasteiger partial charge in [-0.05, 0) is 13.3 Å². The summed E-state index contributed by atoms with van der Waals surface area (Å²) in [5, 5.41) is 22.2. The maximum atomic E-state index is 14.1. The molecular weight excluding hydrogens is 421 g/mol. The number of carbonyl (C=O) groups is 1. The number of imidazole rings is 1. The lowest BCUT2D eigenvalue weighted by atomic mass is 10.0. The number of halogens is 1. The highest BCUT2D eigenvalue weighted by atomic mass is 19.1. The normalized spacial score (nSPS) is 23.2. The molecule has 0 aromatic carbocycles. The summed E-state index contributed by atoms with van der Waals surface area (Å²) in [6.45, 7) is 3.69. The summed E-state index contributed by atoms with van der Waals surface area (Å²) in [5.41, 5.74) is -0.844. The molecule has 1 aliphatic heterocycles. The molecule has 0 unspecified atom stereocenters. The predicted octanol–water partition coefficient (Wildman–Crippen LogP) is 2.31. The lowest BCUT2D eigenvalue weighted by molar-refractivity contribution is -0.120. The summed E-state index contributed by atoms with van der Waals surface area (Å²) in [7, 11) is 0. The zero-order valence-corrected chi connectivity index (χ0v) is 18.6. The molecule has 11 heteroatoms. The third-order valence-electron chi connectivity index (χ3n) is 5.69. The first-order chi connectivity index (χ1) is 15.4. The largest absolute Gasteiger partial charge is 0.393 e. The molecule has 0 radical (unpaired) electrons. The second-order valence-corrected chi connectivity index (χ2v) is 8.33. The third-order valence-corrected chi connectivity index (χ3v) is 5.69. The number of hydrogen-bond acceptors (Lipinski definition) is 8. The molecule has 2 aromatic heterocycles. The molecule has 3 heterocycles. The molecule has 0 spiro atoms. The number of aliphatic hydroxyl groups is 2. The van der Waals surface area contributed by atoms with Gasteiger partial charge in [0, 0.05) is 13.0 Å². The highest BCUT2D eigenvalue weighted by Crippen LogP contribution is 2.37. The minimum Gasteiger partial charge on any atom is -0.393 e. The van der Waals surface area contributed by atoms with Crippen LogP contribution in [0.3, 0.4) is 0 Å².